The number of benzene rings is 1. The van der Waals surface area contributed by atoms with E-state index in [-0.39, 0.29) is 17.9 Å². The second kappa shape index (κ2) is 4.48. The summed E-state index contributed by atoms with van der Waals surface area (Å²) in [6, 6.07) is 8.47. The molecule has 2 N–H and O–H groups in total. The minimum atomic E-state index is 0.192. The highest BCUT2D eigenvalue weighted by atomic mass is 16.2. The van der Waals surface area contributed by atoms with Gasteiger partial charge in [0.05, 0.1) is 0 Å². The number of H-pyrrole nitrogens is 1. The lowest BCUT2D eigenvalue weighted by molar-refractivity contribution is -0.122. The molecule has 1 unspecified atom stereocenters. The van der Waals surface area contributed by atoms with E-state index in [9.17, 15) is 4.79 Å². The first kappa shape index (κ1) is 11.3. The number of para-hydroxylation sites is 1. The van der Waals surface area contributed by atoms with Crippen LogP contribution >= 0.6 is 0 Å². The molecule has 1 aliphatic carbocycles. The van der Waals surface area contributed by atoms with Gasteiger partial charge >= 0.3 is 0 Å². The maximum Gasteiger partial charge on any atom is 0.223 e. The summed E-state index contributed by atoms with van der Waals surface area (Å²) in [5.41, 5.74) is 2.43. The first-order valence-electron chi connectivity index (χ1n) is 6.59. The fraction of sp³-hybridized carbons (Fsp3) is 0.400. The first-order chi connectivity index (χ1) is 8.74. The van der Waals surface area contributed by atoms with E-state index in [4.69, 9.17) is 0 Å². The van der Waals surface area contributed by atoms with E-state index in [2.05, 4.69) is 29.4 Å². The van der Waals surface area contributed by atoms with Crippen molar-refractivity contribution in [1.29, 1.82) is 0 Å². The monoisotopic (exact) mass is 242 g/mol. The fourth-order valence-corrected chi connectivity index (χ4v) is 2.39. The van der Waals surface area contributed by atoms with Crippen molar-refractivity contribution in [3.8, 4) is 0 Å². The van der Waals surface area contributed by atoms with Gasteiger partial charge in [-0.1, -0.05) is 18.2 Å². The Kier molecular flexibility index (Phi) is 2.82. The zero-order valence-electron chi connectivity index (χ0n) is 10.6. The summed E-state index contributed by atoms with van der Waals surface area (Å²) in [7, 11) is 0. The van der Waals surface area contributed by atoms with Gasteiger partial charge in [0, 0.05) is 29.1 Å². The molecule has 0 bridgehead atoms. The molecule has 1 aromatic carbocycles. The number of amides is 1. The highest BCUT2D eigenvalue weighted by Crippen LogP contribution is 2.29. The molecule has 1 amide bonds. The molecule has 1 aliphatic rings. The lowest BCUT2D eigenvalue weighted by Crippen LogP contribution is -2.35. The number of carbonyl (C=O) groups excluding carboxylic acids is 1. The SMILES string of the molecule is CC(Cc1c[nH]c2ccccc12)NC(=O)C1CC1. The predicted octanol–water partition coefficient (Wildman–Crippen LogP) is 2.63. The average molecular weight is 242 g/mol. The summed E-state index contributed by atoms with van der Waals surface area (Å²) in [5, 5.41) is 4.35. The number of fused-ring (bicyclic) bond motifs is 1. The van der Waals surface area contributed by atoms with Crippen molar-refractivity contribution < 1.29 is 4.79 Å². The molecule has 3 nitrogen and oxygen atoms in total. The maximum absolute atomic E-state index is 11.7. The number of carbonyl (C=O) groups is 1. The van der Waals surface area contributed by atoms with Gasteiger partial charge in [0.15, 0.2) is 0 Å². The van der Waals surface area contributed by atoms with Gasteiger partial charge in [0.1, 0.15) is 0 Å². The molecule has 2 aromatic rings. The van der Waals surface area contributed by atoms with Gasteiger partial charge in [0.2, 0.25) is 5.91 Å². The Labute approximate surface area is 107 Å². The Bertz CT molecular complexity index is 569. The summed E-state index contributed by atoms with van der Waals surface area (Å²) in [6.07, 6.45) is 5.05. The second-order valence-electron chi connectivity index (χ2n) is 5.25. The van der Waals surface area contributed by atoms with Crippen molar-refractivity contribution in [2.75, 3.05) is 0 Å². The molecule has 1 heterocycles. The third kappa shape index (κ3) is 2.26. The number of hydrogen-bond donors (Lipinski definition) is 2. The number of aromatic nitrogens is 1. The lowest BCUT2D eigenvalue weighted by Gasteiger charge is -2.13. The van der Waals surface area contributed by atoms with E-state index >= 15 is 0 Å². The Morgan fingerprint density at radius 2 is 2.22 bits per heavy atom. The first-order valence-corrected chi connectivity index (χ1v) is 6.59. The van der Waals surface area contributed by atoms with E-state index in [1.54, 1.807) is 0 Å². The fourth-order valence-electron chi connectivity index (χ4n) is 2.39. The van der Waals surface area contributed by atoms with Crippen molar-refractivity contribution in [3.05, 3.63) is 36.0 Å². The molecule has 0 aliphatic heterocycles. The van der Waals surface area contributed by atoms with E-state index in [1.165, 1.54) is 10.9 Å². The van der Waals surface area contributed by atoms with Crippen molar-refractivity contribution in [2.45, 2.75) is 32.2 Å². The molecule has 94 valence electrons. The van der Waals surface area contributed by atoms with Gasteiger partial charge in [0.25, 0.3) is 0 Å². The lowest BCUT2D eigenvalue weighted by atomic mass is 10.1. The summed E-state index contributed by atoms with van der Waals surface area (Å²) in [6.45, 7) is 2.07. The van der Waals surface area contributed by atoms with Crippen LogP contribution in [0.25, 0.3) is 10.9 Å². The number of hydrogen-bond acceptors (Lipinski definition) is 1. The normalized spacial score (nSPS) is 16.7. The largest absolute Gasteiger partial charge is 0.361 e. The third-order valence-corrected chi connectivity index (χ3v) is 3.54. The average Bonchev–Trinajstić information content (AvgIpc) is 3.14. The zero-order valence-corrected chi connectivity index (χ0v) is 10.6. The van der Waals surface area contributed by atoms with E-state index in [0.717, 1.165) is 24.8 Å². The number of aromatic amines is 1. The Hall–Kier alpha value is -1.77. The predicted molar refractivity (Wildman–Crippen MR) is 72.3 cm³/mol. The topological polar surface area (TPSA) is 44.9 Å². The molecular formula is C15H18N2O. The molecule has 18 heavy (non-hydrogen) atoms. The second-order valence-corrected chi connectivity index (χ2v) is 5.25. The minimum absolute atomic E-state index is 0.192. The highest BCUT2D eigenvalue weighted by Gasteiger charge is 2.30. The summed E-state index contributed by atoms with van der Waals surface area (Å²) < 4.78 is 0. The Morgan fingerprint density at radius 1 is 1.44 bits per heavy atom. The van der Waals surface area contributed by atoms with Crippen LogP contribution < -0.4 is 5.32 Å². The molecule has 0 radical (unpaired) electrons. The van der Waals surface area contributed by atoms with Crippen LogP contribution in [0.4, 0.5) is 0 Å². The Morgan fingerprint density at radius 3 is 3.00 bits per heavy atom. The molecule has 3 heteroatoms. The molecule has 3 rings (SSSR count). The number of nitrogens with one attached hydrogen (secondary N) is 2. The van der Waals surface area contributed by atoms with Crippen LogP contribution in [0.1, 0.15) is 25.3 Å². The van der Waals surface area contributed by atoms with Gasteiger partial charge in [-0.3, -0.25) is 4.79 Å². The van der Waals surface area contributed by atoms with Crippen molar-refractivity contribution in [1.82, 2.24) is 10.3 Å². The van der Waals surface area contributed by atoms with E-state index in [0.29, 0.717) is 0 Å². The quantitative estimate of drug-likeness (QED) is 0.850. The third-order valence-electron chi connectivity index (χ3n) is 3.54. The van der Waals surface area contributed by atoms with Crippen LogP contribution in [0.15, 0.2) is 30.5 Å². The molecule has 1 aromatic heterocycles. The smallest absolute Gasteiger partial charge is 0.223 e. The van der Waals surface area contributed by atoms with Crippen LogP contribution in [-0.4, -0.2) is 16.9 Å². The van der Waals surface area contributed by atoms with Crippen LogP contribution in [0.5, 0.6) is 0 Å². The molecule has 1 atom stereocenters. The summed E-state index contributed by atoms with van der Waals surface area (Å²) in [5.74, 6) is 0.512. The Balaban J connectivity index is 1.69. The highest BCUT2D eigenvalue weighted by molar-refractivity contribution is 5.83. The van der Waals surface area contributed by atoms with Gasteiger partial charge in [-0.15, -0.1) is 0 Å². The molecule has 1 saturated carbocycles. The summed E-state index contributed by atoms with van der Waals surface area (Å²) in [4.78, 5) is 15.0. The standard InChI is InChI=1S/C15H18N2O/c1-10(17-15(18)11-6-7-11)8-12-9-16-14-5-3-2-4-13(12)14/h2-5,9-11,16H,6-8H2,1H3,(H,17,18). The van der Waals surface area contributed by atoms with Crippen LogP contribution in [0, 0.1) is 5.92 Å². The molecule has 1 fully saturated rings. The van der Waals surface area contributed by atoms with E-state index < -0.39 is 0 Å². The van der Waals surface area contributed by atoms with Crippen molar-refractivity contribution in [2.24, 2.45) is 5.92 Å². The van der Waals surface area contributed by atoms with E-state index in [1.807, 2.05) is 18.3 Å². The maximum atomic E-state index is 11.7. The van der Waals surface area contributed by atoms with Gasteiger partial charge in [-0.2, -0.15) is 0 Å². The molecular weight excluding hydrogens is 224 g/mol. The molecule has 0 saturated heterocycles. The van der Waals surface area contributed by atoms with Crippen molar-refractivity contribution >= 4 is 16.8 Å². The zero-order chi connectivity index (χ0) is 12.5. The van der Waals surface area contributed by atoms with Crippen LogP contribution in [-0.2, 0) is 11.2 Å². The number of rotatable bonds is 4. The van der Waals surface area contributed by atoms with Gasteiger partial charge < -0.3 is 10.3 Å². The minimum Gasteiger partial charge on any atom is -0.361 e. The summed E-state index contributed by atoms with van der Waals surface area (Å²) >= 11 is 0. The van der Waals surface area contributed by atoms with Crippen LogP contribution in [0.3, 0.4) is 0 Å². The van der Waals surface area contributed by atoms with Gasteiger partial charge in [-0.05, 0) is 37.8 Å². The molecule has 0 spiro atoms. The van der Waals surface area contributed by atoms with Gasteiger partial charge in [-0.25, -0.2) is 0 Å². The van der Waals surface area contributed by atoms with Crippen molar-refractivity contribution in [3.63, 3.8) is 0 Å². The van der Waals surface area contributed by atoms with Crippen LogP contribution in [0.2, 0.25) is 0 Å².